The van der Waals surface area contributed by atoms with Gasteiger partial charge in [0.2, 0.25) is 11.8 Å². The average Bonchev–Trinajstić information content (AvgIpc) is 2.59. The van der Waals surface area contributed by atoms with Crippen molar-refractivity contribution in [2.45, 2.75) is 53.0 Å². The fraction of sp³-hybridized carbons (Fsp3) is 0.600. The average molecular weight is 330 g/mol. The van der Waals surface area contributed by atoms with E-state index in [2.05, 4.69) is 43.4 Å². The van der Waals surface area contributed by atoms with Gasteiger partial charge in [-0.2, -0.15) is 0 Å². The molecule has 1 aromatic rings. The molecule has 0 aliphatic carbocycles. The van der Waals surface area contributed by atoms with Gasteiger partial charge in [0.05, 0.1) is 12.0 Å². The summed E-state index contributed by atoms with van der Waals surface area (Å²) in [7, 11) is 0. The van der Waals surface area contributed by atoms with Crippen molar-refractivity contribution in [1.82, 2.24) is 10.2 Å². The number of likely N-dealkylation sites (tertiary alicyclic amines) is 1. The molecule has 2 amide bonds. The summed E-state index contributed by atoms with van der Waals surface area (Å²) in [4.78, 5) is 26.7. The van der Waals surface area contributed by atoms with Crippen LogP contribution in [-0.2, 0) is 9.59 Å². The normalized spacial score (nSPS) is 19.2. The summed E-state index contributed by atoms with van der Waals surface area (Å²) in [6, 6.07) is 8.36. The van der Waals surface area contributed by atoms with Gasteiger partial charge < -0.3 is 10.2 Å². The first kappa shape index (κ1) is 18.5. The summed E-state index contributed by atoms with van der Waals surface area (Å²) < 4.78 is 0. The number of nitrogens with zero attached hydrogens (tertiary/aromatic N) is 1. The van der Waals surface area contributed by atoms with E-state index in [0.717, 1.165) is 31.4 Å². The Bertz CT molecular complexity index is 566. The number of amides is 2. The summed E-state index contributed by atoms with van der Waals surface area (Å²) in [5.74, 6) is 0.116. The van der Waals surface area contributed by atoms with Crippen molar-refractivity contribution in [3.63, 3.8) is 0 Å². The van der Waals surface area contributed by atoms with Crippen molar-refractivity contribution in [2.75, 3.05) is 13.1 Å². The first-order valence-electron chi connectivity index (χ1n) is 9.08. The summed E-state index contributed by atoms with van der Waals surface area (Å²) in [5, 5.41) is 3.18. The van der Waals surface area contributed by atoms with Gasteiger partial charge >= 0.3 is 0 Å². The lowest BCUT2D eigenvalue weighted by Gasteiger charge is -2.34. The van der Waals surface area contributed by atoms with E-state index in [0.29, 0.717) is 6.54 Å². The largest absolute Gasteiger partial charge is 0.349 e. The third kappa shape index (κ3) is 4.59. The van der Waals surface area contributed by atoms with Crippen molar-refractivity contribution in [3.8, 4) is 0 Å². The molecule has 1 heterocycles. The maximum atomic E-state index is 12.7. The second-order valence-corrected chi connectivity index (χ2v) is 7.16. The van der Waals surface area contributed by atoms with Crippen LogP contribution in [0.2, 0.25) is 0 Å². The Kier molecular flexibility index (Phi) is 6.41. The van der Waals surface area contributed by atoms with Gasteiger partial charge in [-0.25, -0.2) is 0 Å². The van der Waals surface area contributed by atoms with Gasteiger partial charge in [0.15, 0.2) is 0 Å². The number of rotatable bonds is 5. The predicted molar refractivity (Wildman–Crippen MR) is 96.5 cm³/mol. The highest BCUT2D eigenvalue weighted by Gasteiger charge is 2.30. The third-order valence-corrected chi connectivity index (χ3v) is 4.80. The lowest BCUT2D eigenvalue weighted by atomic mass is 9.95. The Balaban J connectivity index is 1.99. The van der Waals surface area contributed by atoms with Crippen molar-refractivity contribution in [1.29, 1.82) is 0 Å². The van der Waals surface area contributed by atoms with Gasteiger partial charge in [-0.15, -0.1) is 0 Å². The Morgan fingerprint density at radius 2 is 1.92 bits per heavy atom. The highest BCUT2D eigenvalue weighted by atomic mass is 16.2. The Hall–Kier alpha value is -1.84. The first-order chi connectivity index (χ1) is 11.4. The second-order valence-electron chi connectivity index (χ2n) is 7.16. The number of hydrogen-bond acceptors (Lipinski definition) is 2. The summed E-state index contributed by atoms with van der Waals surface area (Å²) >= 11 is 0. The number of carbonyl (C=O) groups is 2. The first-order valence-corrected chi connectivity index (χ1v) is 9.08. The van der Waals surface area contributed by atoms with Gasteiger partial charge in [-0.3, -0.25) is 9.59 Å². The molecule has 1 fully saturated rings. The second kappa shape index (κ2) is 8.32. The van der Waals surface area contributed by atoms with E-state index < -0.39 is 0 Å². The minimum absolute atomic E-state index is 0.0113. The van der Waals surface area contributed by atoms with Crippen LogP contribution in [0.15, 0.2) is 24.3 Å². The number of carbonyl (C=O) groups excluding carboxylic acids is 2. The number of nitrogens with one attached hydrogen (secondary N) is 1. The maximum absolute atomic E-state index is 12.7. The quantitative estimate of drug-likeness (QED) is 0.899. The molecule has 1 aromatic carbocycles. The zero-order valence-corrected chi connectivity index (χ0v) is 15.3. The van der Waals surface area contributed by atoms with E-state index in [4.69, 9.17) is 0 Å². The highest BCUT2D eigenvalue weighted by Crippen LogP contribution is 2.22. The smallest absolute Gasteiger partial charge is 0.225 e. The molecule has 24 heavy (non-hydrogen) atoms. The molecule has 0 radical (unpaired) electrons. The monoisotopic (exact) mass is 330 g/mol. The fourth-order valence-electron chi connectivity index (χ4n) is 3.27. The number of benzene rings is 1. The van der Waals surface area contributed by atoms with Crippen LogP contribution in [-0.4, -0.2) is 29.8 Å². The van der Waals surface area contributed by atoms with E-state index in [1.54, 1.807) is 0 Å². The Labute approximate surface area is 145 Å². The SMILES string of the molecule is CC[C@H](NC(=O)[C@H]1CCCN(C(=O)C(C)C)C1)c1ccc(C)cc1. The van der Waals surface area contributed by atoms with Gasteiger partial charge in [0.1, 0.15) is 0 Å². The summed E-state index contributed by atoms with van der Waals surface area (Å²) in [6.07, 6.45) is 2.62. The molecule has 0 aromatic heterocycles. The van der Waals surface area contributed by atoms with Crippen molar-refractivity contribution in [2.24, 2.45) is 11.8 Å². The number of hydrogen-bond donors (Lipinski definition) is 1. The minimum Gasteiger partial charge on any atom is -0.349 e. The molecule has 1 aliphatic heterocycles. The molecule has 132 valence electrons. The van der Waals surface area contributed by atoms with Crippen molar-refractivity contribution < 1.29 is 9.59 Å². The van der Waals surface area contributed by atoms with E-state index in [-0.39, 0.29) is 29.7 Å². The molecule has 2 atom stereocenters. The third-order valence-electron chi connectivity index (χ3n) is 4.80. The minimum atomic E-state index is -0.0963. The molecule has 2 rings (SSSR count). The van der Waals surface area contributed by atoms with E-state index in [1.807, 2.05) is 18.7 Å². The van der Waals surface area contributed by atoms with Gasteiger partial charge in [0, 0.05) is 19.0 Å². The molecule has 4 heteroatoms. The standard InChI is InChI=1S/C20H30N2O2/c1-5-18(16-10-8-15(4)9-11-16)21-19(23)17-7-6-12-22(13-17)20(24)14(2)3/h8-11,14,17-18H,5-7,12-13H2,1-4H3,(H,21,23)/t17-,18-/m0/s1. The molecule has 0 unspecified atom stereocenters. The number of piperidine rings is 1. The summed E-state index contributed by atoms with van der Waals surface area (Å²) in [6.45, 7) is 9.29. The fourth-order valence-corrected chi connectivity index (χ4v) is 3.27. The van der Waals surface area contributed by atoms with Crippen LogP contribution in [0.4, 0.5) is 0 Å². The number of aryl methyl sites for hydroxylation is 1. The lowest BCUT2D eigenvalue weighted by Crippen LogP contribution is -2.47. The highest BCUT2D eigenvalue weighted by molar-refractivity contribution is 5.82. The molecular formula is C20H30N2O2. The van der Waals surface area contributed by atoms with Gasteiger partial charge in [0.25, 0.3) is 0 Å². The predicted octanol–water partition coefficient (Wildman–Crippen LogP) is 3.46. The molecule has 1 aliphatic rings. The molecule has 4 nitrogen and oxygen atoms in total. The van der Waals surface area contributed by atoms with Crippen molar-refractivity contribution in [3.05, 3.63) is 35.4 Å². The van der Waals surface area contributed by atoms with E-state index >= 15 is 0 Å². The molecule has 0 bridgehead atoms. The molecule has 0 saturated carbocycles. The Morgan fingerprint density at radius 3 is 2.50 bits per heavy atom. The molecule has 1 N–H and O–H groups in total. The van der Waals surface area contributed by atoms with E-state index in [1.165, 1.54) is 5.56 Å². The van der Waals surface area contributed by atoms with Crippen LogP contribution in [0.5, 0.6) is 0 Å². The van der Waals surface area contributed by atoms with Crippen molar-refractivity contribution >= 4 is 11.8 Å². The van der Waals surface area contributed by atoms with E-state index in [9.17, 15) is 9.59 Å². The summed E-state index contributed by atoms with van der Waals surface area (Å²) in [5.41, 5.74) is 2.36. The van der Waals surface area contributed by atoms with Crippen LogP contribution in [0.25, 0.3) is 0 Å². The molecular weight excluding hydrogens is 300 g/mol. The topological polar surface area (TPSA) is 49.4 Å². The van der Waals surface area contributed by atoms with Crippen LogP contribution in [0, 0.1) is 18.8 Å². The zero-order chi connectivity index (χ0) is 17.7. The van der Waals surface area contributed by atoms with Crippen LogP contribution >= 0.6 is 0 Å². The Morgan fingerprint density at radius 1 is 1.25 bits per heavy atom. The van der Waals surface area contributed by atoms with Crippen LogP contribution in [0.1, 0.15) is 57.2 Å². The lowest BCUT2D eigenvalue weighted by molar-refractivity contribution is -0.138. The zero-order valence-electron chi connectivity index (χ0n) is 15.3. The molecule has 1 saturated heterocycles. The maximum Gasteiger partial charge on any atom is 0.225 e. The van der Waals surface area contributed by atoms with Crippen LogP contribution < -0.4 is 5.32 Å². The van der Waals surface area contributed by atoms with Gasteiger partial charge in [-0.05, 0) is 31.7 Å². The van der Waals surface area contributed by atoms with Crippen LogP contribution in [0.3, 0.4) is 0 Å². The molecule has 0 spiro atoms. The van der Waals surface area contributed by atoms with Gasteiger partial charge in [-0.1, -0.05) is 50.6 Å².